The molecule has 0 saturated heterocycles. The fourth-order valence-electron chi connectivity index (χ4n) is 2.91. The first kappa shape index (κ1) is 15.3. The monoisotopic (exact) mass is 287 g/mol. The Balaban J connectivity index is 2.30. The van der Waals surface area contributed by atoms with Crippen molar-refractivity contribution in [1.82, 2.24) is 4.90 Å². The van der Waals surface area contributed by atoms with Crippen molar-refractivity contribution in [3.05, 3.63) is 35.4 Å². The van der Waals surface area contributed by atoms with Gasteiger partial charge < -0.3 is 10.0 Å². The molecule has 0 bridgehead atoms. The molecule has 1 aromatic carbocycles. The fourth-order valence-corrected chi connectivity index (χ4v) is 2.91. The lowest BCUT2D eigenvalue weighted by Crippen LogP contribution is -2.41. The SMILES string of the molecule is CN(C)[C@@H]1CCC[C@](O)(c2cccc(C(F)(F)F)c2)C1. The van der Waals surface area contributed by atoms with E-state index in [-0.39, 0.29) is 6.04 Å². The van der Waals surface area contributed by atoms with Crippen LogP contribution in [0, 0.1) is 0 Å². The third-order valence-electron chi connectivity index (χ3n) is 4.16. The number of rotatable bonds is 2. The molecule has 1 N–H and O–H groups in total. The molecule has 2 atom stereocenters. The zero-order chi connectivity index (χ0) is 15.0. The van der Waals surface area contributed by atoms with Crippen LogP contribution in [-0.4, -0.2) is 30.1 Å². The average Bonchev–Trinajstić information content (AvgIpc) is 2.38. The summed E-state index contributed by atoms with van der Waals surface area (Å²) in [5.41, 5.74) is -1.48. The Labute approximate surface area is 117 Å². The van der Waals surface area contributed by atoms with E-state index in [2.05, 4.69) is 0 Å². The molecular formula is C15H20F3NO. The van der Waals surface area contributed by atoms with Crippen molar-refractivity contribution in [2.24, 2.45) is 0 Å². The zero-order valence-electron chi connectivity index (χ0n) is 11.7. The van der Waals surface area contributed by atoms with Crippen LogP contribution in [0.2, 0.25) is 0 Å². The Morgan fingerprint density at radius 2 is 2.00 bits per heavy atom. The first-order chi connectivity index (χ1) is 9.22. The molecule has 20 heavy (non-hydrogen) atoms. The van der Waals surface area contributed by atoms with Crippen molar-refractivity contribution in [3.8, 4) is 0 Å². The summed E-state index contributed by atoms with van der Waals surface area (Å²) in [6.45, 7) is 0. The van der Waals surface area contributed by atoms with Crippen LogP contribution in [0.3, 0.4) is 0 Å². The standard InChI is InChI=1S/C15H20F3NO/c1-19(2)13-7-4-8-14(20,10-13)11-5-3-6-12(9-11)15(16,17)18/h3,5-6,9,13,20H,4,7-8,10H2,1-2H3/t13-,14-/m1/s1. The van der Waals surface area contributed by atoms with Crippen LogP contribution in [0.15, 0.2) is 24.3 Å². The maximum atomic E-state index is 12.8. The van der Waals surface area contributed by atoms with Crippen molar-refractivity contribution < 1.29 is 18.3 Å². The second-order valence-electron chi connectivity index (χ2n) is 5.82. The van der Waals surface area contributed by atoms with Crippen LogP contribution in [0.5, 0.6) is 0 Å². The number of benzene rings is 1. The summed E-state index contributed by atoms with van der Waals surface area (Å²) < 4.78 is 38.3. The van der Waals surface area contributed by atoms with Gasteiger partial charge in [-0.15, -0.1) is 0 Å². The Hall–Kier alpha value is -1.07. The van der Waals surface area contributed by atoms with Crippen LogP contribution in [0.4, 0.5) is 13.2 Å². The molecule has 1 fully saturated rings. The summed E-state index contributed by atoms with van der Waals surface area (Å²) in [6.07, 6.45) is -1.61. The summed E-state index contributed by atoms with van der Waals surface area (Å²) in [7, 11) is 3.87. The van der Waals surface area contributed by atoms with Crippen molar-refractivity contribution in [2.75, 3.05) is 14.1 Å². The summed E-state index contributed by atoms with van der Waals surface area (Å²) >= 11 is 0. The van der Waals surface area contributed by atoms with Crippen LogP contribution >= 0.6 is 0 Å². The summed E-state index contributed by atoms with van der Waals surface area (Å²) in [4.78, 5) is 2.03. The molecular weight excluding hydrogens is 267 g/mol. The molecule has 1 saturated carbocycles. The quantitative estimate of drug-likeness (QED) is 0.901. The number of halogens is 3. The van der Waals surface area contributed by atoms with E-state index < -0.39 is 17.3 Å². The van der Waals surface area contributed by atoms with E-state index in [4.69, 9.17) is 0 Å². The first-order valence-electron chi connectivity index (χ1n) is 6.79. The first-order valence-corrected chi connectivity index (χ1v) is 6.79. The van der Waals surface area contributed by atoms with Gasteiger partial charge in [0, 0.05) is 6.04 Å². The molecule has 0 radical (unpaired) electrons. The van der Waals surface area contributed by atoms with Gasteiger partial charge in [-0.05, 0) is 57.5 Å². The van der Waals surface area contributed by atoms with Crippen molar-refractivity contribution in [3.63, 3.8) is 0 Å². The average molecular weight is 287 g/mol. The highest BCUT2D eigenvalue weighted by molar-refractivity contribution is 5.30. The highest BCUT2D eigenvalue weighted by atomic mass is 19.4. The summed E-state index contributed by atoms with van der Waals surface area (Å²) in [6, 6.07) is 5.28. The van der Waals surface area contributed by atoms with Gasteiger partial charge in [-0.1, -0.05) is 12.1 Å². The number of hydrogen-bond acceptors (Lipinski definition) is 2. The molecule has 112 valence electrons. The molecule has 0 aromatic heterocycles. The molecule has 0 spiro atoms. The van der Waals surface area contributed by atoms with E-state index in [9.17, 15) is 18.3 Å². The number of aliphatic hydroxyl groups is 1. The molecule has 2 nitrogen and oxygen atoms in total. The van der Waals surface area contributed by atoms with Gasteiger partial charge in [-0.25, -0.2) is 0 Å². The lowest BCUT2D eigenvalue weighted by Gasteiger charge is -2.40. The zero-order valence-corrected chi connectivity index (χ0v) is 11.7. The minimum Gasteiger partial charge on any atom is -0.385 e. The van der Waals surface area contributed by atoms with Crippen LogP contribution in [-0.2, 0) is 11.8 Å². The number of nitrogens with zero attached hydrogens (tertiary/aromatic N) is 1. The highest BCUT2D eigenvalue weighted by Crippen LogP contribution is 2.40. The highest BCUT2D eigenvalue weighted by Gasteiger charge is 2.38. The van der Waals surface area contributed by atoms with E-state index >= 15 is 0 Å². The largest absolute Gasteiger partial charge is 0.416 e. The van der Waals surface area contributed by atoms with E-state index in [0.717, 1.165) is 25.0 Å². The van der Waals surface area contributed by atoms with Gasteiger partial charge in [0.1, 0.15) is 0 Å². The van der Waals surface area contributed by atoms with E-state index in [1.165, 1.54) is 6.07 Å². The Morgan fingerprint density at radius 1 is 1.30 bits per heavy atom. The molecule has 1 aromatic rings. The summed E-state index contributed by atoms with van der Waals surface area (Å²) in [5.74, 6) is 0. The van der Waals surface area contributed by atoms with E-state index in [1.807, 2.05) is 19.0 Å². The molecule has 0 amide bonds. The minimum atomic E-state index is -4.37. The van der Waals surface area contributed by atoms with Gasteiger partial charge in [0.2, 0.25) is 0 Å². The predicted molar refractivity (Wildman–Crippen MR) is 71.3 cm³/mol. The molecule has 0 aliphatic heterocycles. The molecule has 0 unspecified atom stereocenters. The topological polar surface area (TPSA) is 23.5 Å². The molecule has 5 heteroatoms. The van der Waals surface area contributed by atoms with Gasteiger partial charge in [0.05, 0.1) is 11.2 Å². The van der Waals surface area contributed by atoms with Crippen LogP contribution < -0.4 is 0 Å². The van der Waals surface area contributed by atoms with Crippen molar-refractivity contribution in [1.29, 1.82) is 0 Å². The van der Waals surface area contributed by atoms with Crippen LogP contribution in [0.25, 0.3) is 0 Å². The van der Waals surface area contributed by atoms with Gasteiger partial charge in [0.25, 0.3) is 0 Å². The lowest BCUT2D eigenvalue weighted by atomic mass is 9.76. The lowest BCUT2D eigenvalue weighted by molar-refractivity contribution is -0.137. The Bertz CT molecular complexity index is 472. The van der Waals surface area contributed by atoms with Gasteiger partial charge >= 0.3 is 6.18 Å². The van der Waals surface area contributed by atoms with Gasteiger partial charge in [0.15, 0.2) is 0 Å². The number of alkyl halides is 3. The second kappa shape index (κ2) is 5.37. The second-order valence-corrected chi connectivity index (χ2v) is 5.82. The third kappa shape index (κ3) is 3.15. The maximum Gasteiger partial charge on any atom is 0.416 e. The van der Waals surface area contributed by atoms with Gasteiger partial charge in [-0.2, -0.15) is 13.2 Å². The van der Waals surface area contributed by atoms with Crippen molar-refractivity contribution >= 4 is 0 Å². The fraction of sp³-hybridized carbons (Fsp3) is 0.600. The smallest absolute Gasteiger partial charge is 0.385 e. The molecule has 2 rings (SSSR count). The van der Waals surface area contributed by atoms with E-state index in [1.54, 1.807) is 6.07 Å². The molecule has 1 aliphatic rings. The van der Waals surface area contributed by atoms with E-state index in [0.29, 0.717) is 18.4 Å². The molecule has 1 aliphatic carbocycles. The van der Waals surface area contributed by atoms with Crippen molar-refractivity contribution in [2.45, 2.75) is 43.5 Å². The Kier molecular flexibility index (Phi) is 4.12. The normalized spacial score (nSPS) is 27.9. The predicted octanol–water partition coefficient (Wildman–Crippen LogP) is 3.40. The van der Waals surface area contributed by atoms with Gasteiger partial charge in [-0.3, -0.25) is 0 Å². The number of hydrogen-bond donors (Lipinski definition) is 1. The van der Waals surface area contributed by atoms with Crippen LogP contribution in [0.1, 0.15) is 36.8 Å². The Morgan fingerprint density at radius 3 is 2.60 bits per heavy atom. The third-order valence-corrected chi connectivity index (χ3v) is 4.16. The molecule has 0 heterocycles. The maximum absolute atomic E-state index is 12.8. The minimum absolute atomic E-state index is 0.197. The summed E-state index contributed by atoms with van der Waals surface area (Å²) in [5, 5.41) is 10.8.